The van der Waals surface area contributed by atoms with Crippen molar-refractivity contribution in [3.63, 3.8) is 0 Å². The lowest BCUT2D eigenvalue weighted by atomic mass is 10.1. The van der Waals surface area contributed by atoms with Crippen LogP contribution in [0.15, 0.2) is 22.7 Å². The van der Waals surface area contributed by atoms with Crippen LogP contribution in [-0.2, 0) is 6.18 Å². The maximum Gasteiger partial charge on any atom is 0.417 e. The Hall–Kier alpha value is -2.12. The molecule has 2 rings (SSSR count). The van der Waals surface area contributed by atoms with Gasteiger partial charge in [-0.2, -0.15) is 18.2 Å². The smallest absolute Gasteiger partial charge is 0.336 e. The molecule has 1 aromatic carbocycles. The summed E-state index contributed by atoms with van der Waals surface area (Å²) in [5.74, 6) is -1.13. The summed E-state index contributed by atoms with van der Waals surface area (Å²) in [7, 11) is 0. The highest BCUT2D eigenvalue weighted by Gasteiger charge is 2.35. The first-order valence-corrected chi connectivity index (χ1v) is 5.74. The molecule has 1 heterocycles. The molecule has 0 bridgehead atoms. The van der Waals surface area contributed by atoms with Crippen LogP contribution in [0.3, 0.4) is 0 Å². The van der Waals surface area contributed by atoms with Crippen LogP contribution in [0, 0.1) is 5.82 Å². The minimum Gasteiger partial charge on any atom is -0.336 e. The highest BCUT2D eigenvalue weighted by molar-refractivity contribution is 5.61. The Labute approximate surface area is 111 Å². The summed E-state index contributed by atoms with van der Waals surface area (Å²) in [6.07, 6.45) is -4.63. The van der Waals surface area contributed by atoms with Crippen LogP contribution in [0.25, 0.3) is 11.4 Å². The maximum absolute atomic E-state index is 13.2. The van der Waals surface area contributed by atoms with Gasteiger partial charge in [-0.3, -0.25) is 0 Å². The van der Waals surface area contributed by atoms with E-state index in [1.165, 1.54) is 0 Å². The lowest BCUT2D eigenvalue weighted by molar-refractivity contribution is -0.137. The zero-order valence-electron chi connectivity index (χ0n) is 10.6. The van der Waals surface area contributed by atoms with Gasteiger partial charge in [-0.05, 0) is 32.0 Å². The van der Waals surface area contributed by atoms with E-state index in [1.54, 1.807) is 13.8 Å². The molecule has 20 heavy (non-hydrogen) atoms. The number of anilines is 1. The second-order valence-electron chi connectivity index (χ2n) is 4.41. The van der Waals surface area contributed by atoms with Gasteiger partial charge in [-0.15, -0.1) is 0 Å². The quantitative estimate of drug-likeness (QED) is 0.875. The SMILES string of the molecule is CC(C)Nc1nc(-c2cc(F)ccc2C(F)(F)F)no1. The monoisotopic (exact) mass is 289 g/mol. The summed E-state index contributed by atoms with van der Waals surface area (Å²) in [5, 5.41) is 6.19. The summed E-state index contributed by atoms with van der Waals surface area (Å²) in [6.45, 7) is 3.60. The Morgan fingerprint density at radius 1 is 1.25 bits per heavy atom. The van der Waals surface area contributed by atoms with Crippen LogP contribution >= 0.6 is 0 Å². The van der Waals surface area contributed by atoms with Crippen LogP contribution in [0.2, 0.25) is 0 Å². The molecule has 0 aliphatic heterocycles. The molecule has 1 aromatic heterocycles. The number of halogens is 4. The lowest BCUT2D eigenvalue weighted by Gasteiger charge is -2.10. The first-order valence-electron chi connectivity index (χ1n) is 5.74. The molecule has 0 saturated heterocycles. The van der Waals surface area contributed by atoms with Crippen LogP contribution < -0.4 is 5.32 Å². The van der Waals surface area contributed by atoms with Gasteiger partial charge in [0.1, 0.15) is 5.82 Å². The van der Waals surface area contributed by atoms with Crippen molar-refractivity contribution < 1.29 is 22.1 Å². The molecule has 0 radical (unpaired) electrons. The Kier molecular flexibility index (Phi) is 3.65. The highest BCUT2D eigenvalue weighted by atomic mass is 19.4. The normalized spacial score (nSPS) is 11.9. The van der Waals surface area contributed by atoms with E-state index >= 15 is 0 Å². The minimum atomic E-state index is -4.63. The summed E-state index contributed by atoms with van der Waals surface area (Å²) < 4.78 is 56.5. The van der Waals surface area contributed by atoms with E-state index in [2.05, 4.69) is 15.5 Å². The predicted octanol–water partition coefficient (Wildman–Crippen LogP) is 3.71. The third kappa shape index (κ3) is 3.06. The van der Waals surface area contributed by atoms with Gasteiger partial charge >= 0.3 is 12.2 Å². The number of rotatable bonds is 3. The first-order chi connectivity index (χ1) is 9.27. The highest BCUT2D eigenvalue weighted by Crippen LogP contribution is 2.36. The van der Waals surface area contributed by atoms with Crippen molar-refractivity contribution in [1.82, 2.24) is 10.1 Å². The second kappa shape index (κ2) is 5.10. The number of benzene rings is 1. The van der Waals surface area contributed by atoms with Gasteiger partial charge in [0.2, 0.25) is 5.82 Å². The van der Waals surface area contributed by atoms with E-state index in [9.17, 15) is 17.6 Å². The van der Waals surface area contributed by atoms with E-state index in [-0.39, 0.29) is 17.9 Å². The fraction of sp³-hybridized carbons (Fsp3) is 0.333. The van der Waals surface area contributed by atoms with Gasteiger partial charge in [0.05, 0.1) is 5.56 Å². The molecule has 2 aromatic rings. The fourth-order valence-corrected chi connectivity index (χ4v) is 1.59. The Morgan fingerprint density at radius 3 is 2.55 bits per heavy atom. The van der Waals surface area contributed by atoms with Gasteiger partial charge < -0.3 is 9.84 Å². The molecule has 4 nitrogen and oxygen atoms in total. The molecular weight excluding hydrogens is 278 g/mol. The van der Waals surface area contributed by atoms with Crippen LogP contribution in [-0.4, -0.2) is 16.2 Å². The Bertz CT molecular complexity index is 607. The molecule has 1 N–H and O–H groups in total. The molecule has 0 fully saturated rings. The molecule has 108 valence electrons. The number of nitrogens with one attached hydrogen (secondary N) is 1. The van der Waals surface area contributed by atoms with E-state index in [1.807, 2.05) is 0 Å². The average Bonchev–Trinajstić information content (AvgIpc) is 2.74. The molecule has 0 saturated carbocycles. The zero-order valence-corrected chi connectivity index (χ0v) is 10.6. The number of hydrogen-bond donors (Lipinski definition) is 1. The van der Waals surface area contributed by atoms with Crippen molar-refractivity contribution in [3.8, 4) is 11.4 Å². The number of aromatic nitrogens is 2. The molecule has 0 unspecified atom stereocenters. The van der Waals surface area contributed by atoms with Crippen molar-refractivity contribution in [2.75, 3.05) is 5.32 Å². The molecule has 0 atom stereocenters. The molecule has 0 spiro atoms. The van der Waals surface area contributed by atoms with E-state index in [4.69, 9.17) is 4.52 Å². The van der Waals surface area contributed by atoms with Gasteiger partial charge in [0.25, 0.3) is 0 Å². The maximum atomic E-state index is 13.2. The number of nitrogens with zero attached hydrogens (tertiary/aromatic N) is 2. The predicted molar refractivity (Wildman–Crippen MR) is 63.5 cm³/mol. The van der Waals surface area contributed by atoms with Crippen molar-refractivity contribution in [3.05, 3.63) is 29.6 Å². The molecule has 0 amide bonds. The summed E-state index contributed by atoms with van der Waals surface area (Å²) in [4.78, 5) is 3.78. The summed E-state index contributed by atoms with van der Waals surface area (Å²) in [6, 6.07) is 2.06. The largest absolute Gasteiger partial charge is 0.417 e. The summed E-state index contributed by atoms with van der Waals surface area (Å²) >= 11 is 0. The Balaban J connectivity index is 2.46. The van der Waals surface area contributed by atoms with Crippen molar-refractivity contribution in [1.29, 1.82) is 0 Å². The van der Waals surface area contributed by atoms with E-state index in [0.29, 0.717) is 6.07 Å². The van der Waals surface area contributed by atoms with Crippen molar-refractivity contribution >= 4 is 6.01 Å². The topological polar surface area (TPSA) is 51.0 Å². The van der Waals surface area contributed by atoms with Gasteiger partial charge in [0.15, 0.2) is 0 Å². The fourth-order valence-electron chi connectivity index (χ4n) is 1.59. The van der Waals surface area contributed by atoms with Crippen LogP contribution in [0.1, 0.15) is 19.4 Å². The number of alkyl halides is 3. The van der Waals surface area contributed by atoms with Gasteiger partial charge in [0, 0.05) is 11.6 Å². The molecule has 0 aliphatic carbocycles. The number of hydrogen-bond acceptors (Lipinski definition) is 4. The Morgan fingerprint density at radius 2 is 1.95 bits per heavy atom. The third-order valence-corrected chi connectivity index (χ3v) is 2.37. The molecular formula is C12H11F4N3O. The second-order valence-corrected chi connectivity index (χ2v) is 4.41. The lowest BCUT2D eigenvalue weighted by Crippen LogP contribution is -2.10. The van der Waals surface area contributed by atoms with Crippen LogP contribution in [0.4, 0.5) is 23.6 Å². The van der Waals surface area contributed by atoms with Gasteiger partial charge in [-0.1, -0.05) is 5.16 Å². The molecule has 0 aliphatic rings. The zero-order chi connectivity index (χ0) is 14.9. The average molecular weight is 289 g/mol. The van der Waals surface area contributed by atoms with E-state index < -0.39 is 23.1 Å². The third-order valence-electron chi connectivity index (χ3n) is 2.37. The van der Waals surface area contributed by atoms with Crippen LogP contribution in [0.5, 0.6) is 0 Å². The molecule has 8 heteroatoms. The first kappa shape index (κ1) is 14.3. The minimum absolute atomic E-state index is 0.0209. The summed E-state index contributed by atoms with van der Waals surface area (Å²) in [5.41, 5.74) is -1.48. The van der Waals surface area contributed by atoms with E-state index in [0.717, 1.165) is 12.1 Å². The van der Waals surface area contributed by atoms with Gasteiger partial charge in [-0.25, -0.2) is 4.39 Å². The van der Waals surface area contributed by atoms with Crippen molar-refractivity contribution in [2.45, 2.75) is 26.1 Å². The van der Waals surface area contributed by atoms with Crippen molar-refractivity contribution in [2.24, 2.45) is 0 Å². The standard InChI is InChI=1S/C12H11F4N3O/c1-6(2)17-11-18-10(19-20-11)8-5-7(13)3-4-9(8)12(14,15)16/h3-6H,1-2H3,(H,17,18,19).